The Morgan fingerprint density at radius 1 is 1.11 bits per heavy atom. The Bertz CT molecular complexity index is 1380. The highest BCUT2D eigenvalue weighted by atomic mass is 16.5. The van der Waals surface area contributed by atoms with Gasteiger partial charge in [-0.1, -0.05) is 12.6 Å². The summed E-state index contributed by atoms with van der Waals surface area (Å²) in [7, 11) is 0. The van der Waals surface area contributed by atoms with Crippen LogP contribution in [0.25, 0.3) is 22.2 Å². The Morgan fingerprint density at radius 3 is 2.69 bits per heavy atom. The van der Waals surface area contributed by atoms with E-state index < -0.39 is 0 Å². The molecule has 0 N–H and O–H groups in total. The van der Waals surface area contributed by atoms with E-state index in [4.69, 9.17) is 14.6 Å². The van der Waals surface area contributed by atoms with Gasteiger partial charge in [-0.3, -0.25) is 14.5 Å². The minimum absolute atomic E-state index is 0.0325. The molecule has 1 saturated heterocycles. The molecule has 7 nitrogen and oxygen atoms in total. The fourth-order valence-corrected chi connectivity index (χ4v) is 4.66. The fraction of sp³-hybridized carbons (Fsp3) is 0.276. The molecule has 0 spiro atoms. The van der Waals surface area contributed by atoms with Crippen molar-refractivity contribution in [3.8, 4) is 28.5 Å². The lowest BCUT2D eigenvalue weighted by atomic mass is 10.1. The SMILES string of the molecule is C=CC(=O)N1CCC[C@@H](n2nc(-c3ccc(Oc4cccc(OC(C)C)c4)cc3)c3cnccc32)C1. The van der Waals surface area contributed by atoms with Crippen molar-refractivity contribution < 1.29 is 14.3 Å². The van der Waals surface area contributed by atoms with Gasteiger partial charge in [0.1, 0.15) is 22.9 Å². The third kappa shape index (κ3) is 4.96. The zero-order valence-electron chi connectivity index (χ0n) is 20.6. The number of carbonyl (C=O) groups is 1. The molecule has 3 heterocycles. The maximum atomic E-state index is 12.2. The lowest BCUT2D eigenvalue weighted by Gasteiger charge is -2.32. The number of likely N-dealkylation sites (tertiary alicyclic amines) is 1. The molecule has 0 saturated carbocycles. The first-order chi connectivity index (χ1) is 17.5. The minimum atomic E-state index is -0.0325. The molecule has 2 aromatic heterocycles. The van der Waals surface area contributed by atoms with Crippen molar-refractivity contribution in [3.05, 3.63) is 79.6 Å². The molecule has 2 aromatic carbocycles. The van der Waals surface area contributed by atoms with Gasteiger partial charge in [-0.15, -0.1) is 0 Å². The highest BCUT2D eigenvalue weighted by Crippen LogP contribution is 2.33. The summed E-state index contributed by atoms with van der Waals surface area (Å²) in [5.74, 6) is 2.19. The molecule has 5 rings (SSSR count). The third-order valence-electron chi connectivity index (χ3n) is 6.28. The van der Waals surface area contributed by atoms with Gasteiger partial charge in [0, 0.05) is 42.5 Å². The van der Waals surface area contributed by atoms with Gasteiger partial charge in [0.05, 0.1) is 17.7 Å². The molecule has 36 heavy (non-hydrogen) atoms. The molecule has 1 aliphatic heterocycles. The summed E-state index contributed by atoms with van der Waals surface area (Å²) in [6.45, 7) is 9.01. The molecule has 1 amide bonds. The van der Waals surface area contributed by atoms with Gasteiger partial charge in [0.2, 0.25) is 5.91 Å². The van der Waals surface area contributed by atoms with E-state index >= 15 is 0 Å². The second-order valence-corrected chi connectivity index (χ2v) is 9.24. The molecule has 0 radical (unpaired) electrons. The molecule has 1 aliphatic rings. The van der Waals surface area contributed by atoms with Crippen LogP contribution in [0.1, 0.15) is 32.7 Å². The van der Waals surface area contributed by atoms with Crippen LogP contribution >= 0.6 is 0 Å². The smallest absolute Gasteiger partial charge is 0.246 e. The van der Waals surface area contributed by atoms with Crippen LogP contribution in [0, 0.1) is 0 Å². The van der Waals surface area contributed by atoms with Crippen LogP contribution in [0.2, 0.25) is 0 Å². The quantitative estimate of drug-likeness (QED) is 0.301. The summed E-state index contributed by atoms with van der Waals surface area (Å²) in [4.78, 5) is 18.4. The van der Waals surface area contributed by atoms with Crippen LogP contribution in [0.5, 0.6) is 17.2 Å². The molecular weight excluding hydrogens is 452 g/mol. The predicted octanol–water partition coefficient (Wildman–Crippen LogP) is 6.03. The number of pyridine rings is 1. The number of amides is 1. The number of rotatable bonds is 7. The van der Waals surface area contributed by atoms with Crippen LogP contribution in [0.3, 0.4) is 0 Å². The van der Waals surface area contributed by atoms with Crippen molar-refractivity contribution in [3.63, 3.8) is 0 Å². The molecule has 1 fully saturated rings. The van der Waals surface area contributed by atoms with E-state index in [1.54, 1.807) is 6.20 Å². The molecule has 0 aliphatic carbocycles. The normalized spacial score (nSPS) is 15.8. The largest absolute Gasteiger partial charge is 0.491 e. The molecule has 0 bridgehead atoms. The van der Waals surface area contributed by atoms with Gasteiger partial charge in [0.25, 0.3) is 0 Å². The lowest BCUT2D eigenvalue weighted by Crippen LogP contribution is -2.40. The van der Waals surface area contributed by atoms with E-state index in [0.29, 0.717) is 6.54 Å². The van der Waals surface area contributed by atoms with E-state index in [0.717, 1.165) is 58.8 Å². The van der Waals surface area contributed by atoms with Gasteiger partial charge in [-0.25, -0.2) is 0 Å². The van der Waals surface area contributed by atoms with Gasteiger partial charge >= 0.3 is 0 Å². The van der Waals surface area contributed by atoms with Crippen LogP contribution in [0.15, 0.2) is 79.6 Å². The van der Waals surface area contributed by atoms with Crippen LogP contribution in [-0.2, 0) is 4.79 Å². The van der Waals surface area contributed by atoms with Crippen molar-refractivity contribution in [1.29, 1.82) is 0 Å². The predicted molar refractivity (Wildman–Crippen MR) is 140 cm³/mol. The number of benzene rings is 2. The summed E-state index contributed by atoms with van der Waals surface area (Å²) in [5.41, 5.74) is 2.86. The highest BCUT2D eigenvalue weighted by molar-refractivity contribution is 5.93. The average molecular weight is 483 g/mol. The topological polar surface area (TPSA) is 69.5 Å². The second-order valence-electron chi connectivity index (χ2n) is 9.24. The van der Waals surface area contributed by atoms with Crippen molar-refractivity contribution in [1.82, 2.24) is 19.7 Å². The zero-order chi connectivity index (χ0) is 25.1. The van der Waals surface area contributed by atoms with E-state index in [2.05, 4.69) is 16.2 Å². The number of piperidine rings is 1. The van der Waals surface area contributed by atoms with Gasteiger partial charge in [-0.2, -0.15) is 5.10 Å². The molecular formula is C29H30N4O3. The summed E-state index contributed by atoms with van der Waals surface area (Å²) < 4.78 is 13.9. The molecule has 1 atom stereocenters. The van der Waals surface area contributed by atoms with Crippen LogP contribution in [0.4, 0.5) is 0 Å². The number of fused-ring (bicyclic) bond motifs is 1. The third-order valence-corrected chi connectivity index (χ3v) is 6.28. The molecule has 4 aromatic rings. The van der Waals surface area contributed by atoms with Crippen molar-refractivity contribution >= 4 is 16.8 Å². The number of carbonyl (C=O) groups excluding carboxylic acids is 1. The summed E-state index contributed by atoms with van der Waals surface area (Å²) >= 11 is 0. The van der Waals surface area contributed by atoms with Crippen molar-refractivity contribution in [2.75, 3.05) is 13.1 Å². The first-order valence-electron chi connectivity index (χ1n) is 12.3. The van der Waals surface area contributed by atoms with Crippen LogP contribution < -0.4 is 9.47 Å². The van der Waals surface area contributed by atoms with Crippen molar-refractivity contribution in [2.24, 2.45) is 0 Å². The lowest BCUT2D eigenvalue weighted by molar-refractivity contribution is -0.127. The molecule has 0 unspecified atom stereocenters. The first-order valence-corrected chi connectivity index (χ1v) is 12.3. The standard InChI is InChI=1S/C29H30N4O3/c1-4-28(34)32-16-6-7-22(19-32)33-27-14-15-30-18-26(27)29(31-33)21-10-12-23(13-11-21)36-25-9-5-8-24(17-25)35-20(2)3/h4-5,8-15,17-18,20,22H,1,6-7,16,19H2,2-3H3/t22-/m1/s1. The van der Waals surface area contributed by atoms with Gasteiger partial charge < -0.3 is 14.4 Å². The zero-order valence-corrected chi connectivity index (χ0v) is 20.6. The Labute approximate surface area is 211 Å². The monoisotopic (exact) mass is 482 g/mol. The number of hydrogen-bond donors (Lipinski definition) is 0. The maximum Gasteiger partial charge on any atom is 0.246 e. The summed E-state index contributed by atoms with van der Waals surface area (Å²) in [6, 6.07) is 17.6. The number of hydrogen-bond acceptors (Lipinski definition) is 5. The highest BCUT2D eigenvalue weighted by Gasteiger charge is 2.26. The molecule has 184 valence electrons. The fourth-order valence-electron chi connectivity index (χ4n) is 4.66. The minimum Gasteiger partial charge on any atom is -0.491 e. The second kappa shape index (κ2) is 10.2. The Hall–Kier alpha value is -4.13. The number of aromatic nitrogens is 3. The van der Waals surface area contributed by atoms with Crippen molar-refractivity contribution in [2.45, 2.75) is 38.8 Å². The number of ether oxygens (including phenoxy) is 2. The summed E-state index contributed by atoms with van der Waals surface area (Å²) in [5, 5.41) is 5.99. The average Bonchev–Trinajstić information content (AvgIpc) is 3.28. The molecule has 7 heteroatoms. The van der Waals surface area contributed by atoms with E-state index in [9.17, 15) is 4.79 Å². The first kappa shape index (κ1) is 23.6. The summed E-state index contributed by atoms with van der Waals surface area (Å²) in [6.07, 6.45) is 7.02. The van der Waals surface area contributed by atoms with E-state index in [1.807, 2.05) is 79.5 Å². The van der Waals surface area contributed by atoms with E-state index in [1.165, 1.54) is 6.08 Å². The number of nitrogens with zero attached hydrogens (tertiary/aromatic N) is 4. The van der Waals surface area contributed by atoms with E-state index in [-0.39, 0.29) is 18.1 Å². The maximum absolute atomic E-state index is 12.2. The van der Waals surface area contributed by atoms with Gasteiger partial charge in [0.15, 0.2) is 0 Å². The van der Waals surface area contributed by atoms with Crippen LogP contribution in [-0.4, -0.2) is 44.8 Å². The Balaban J connectivity index is 1.40. The Morgan fingerprint density at radius 2 is 1.92 bits per heavy atom. The Kier molecular flexibility index (Phi) is 6.71. The van der Waals surface area contributed by atoms with Gasteiger partial charge in [-0.05, 0) is 75.2 Å².